The van der Waals surface area contributed by atoms with Gasteiger partial charge in [0, 0.05) is 13.1 Å². The van der Waals surface area contributed by atoms with Crippen molar-refractivity contribution < 1.29 is 13.2 Å². The van der Waals surface area contributed by atoms with Gasteiger partial charge < -0.3 is 10.6 Å². The van der Waals surface area contributed by atoms with Crippen LogP contribution in [-0.4, -0.2) is 49.9 Å². The summed E-state index contributed by atoms with van der Waals surface area (Å²) >= 11 is 0. The van der Waals surface area contributed by atoms with Gasteiger partial charge in [-0.05, 0) is 33.7 Å². The molecule has 1 unspecified atom stereocenters. The number of carbonyl (C=O) groups is 1. The zero-order valence-corrected chi connectivity index (χ0v) is 11.3. The maximum atomic E-state index is 11.8. The number of rotatable bonds is 6. The number of hydrogen-bond acceptors (Lipinski definition) is 4. The molecule has 1 amide bonds. The quantitative estimate of drug-likeness (QED) is 0.720. The maximum absolute atomic E-state index is 11.8. The Morgan fingerprint density at radius 1 is 1.31 bits per heavy atom. The Hall–Kier alpha value is -0.620. The Bertz CT molecular complexity index is 325. The van der Waals surface area contributed by atoms with E-state index in [2.05, 4.69) is 0 Å². The van der Waals surface area contributed by atoms with Crippen molar-refractivity contribution in [3.63, 3.8) is 0 Å². The molecule has 0 saturated carbocycles. The van der Waals surface area contributed by atoms with E-state index in [1.807, 2.05) is 13.8 Å². The van der Waals surface area contributed by atoms with Gasteiger partial charge in [0.05, 0.1) is 5.25 Å². The molecule has 0 bridgehead atoms. The maximum Gasteiger partial charge on any atom is 0.237 e. The normalized spacial score (nSPS) is 13.9. The highest BCUT2D eigenvalue weighted by Crippen LogP contribution is 2.07. The molecule has 6 heteroatoms. The first-order chi connectivity index (χ1) is 7.22. The van der Waals surface area contributed by atoms with Gasteiger partial charge in [0.1, 0.15) is 5.75 Å². The molecule has 0 rings (SSSR count). The molecule has 96 valence electrons. The Morgan fingerprint density at radius 3 is 2.19 bits per heavy atom. The third-order valence-corrected chi connectivity index (χ3v) is 4.79. The van der Waals surface area contributed by atoms with E-state index in [-0.39, 0.29) is 11.9 Å². The van der Waals surface area contributed by atoms with Crippen LogP contribution in [0.5, 0.6) is 0 Å². The van der Waals surface area contributed by atoms with Crippen LogP contribution >= 0.6 is 0 Å². The zero-order valence-electron chi connectivity index (χ0n) is 10.4. The van der Waals surface area contributed by atoms with Crippen LogP contribution in [0.1, 0.15) is 27.2 Å². The van der Waals surface area contributed by atoms with Crippen LogP contribution < -0.4 is 5.73 Å². The smallest absolute Gasteiger partial charge is 0.237 e. The van der Waals surface area contributed by atoms with E-state index >= 15 is 0 Å². The molecule has 1 atom stereocenters. The van der Waals surface area contributed by atoms with Crippen molar-refractivity contribution in [2.45, 2.75) is 38.5 Å². The number of amides is 1. The Morgan fingerprint density at radius 2 is 1.81 bits per heavy atom. The van der Waals surface area contributed by atoms with Crippen molar-refractivity contribution >= 4 is 15.7 Å². The minimum absolute atomic E-state index is 0.00696. The lowest BCUT2D eigenvalue weighted by Gasteiger charge is -2.22. The Kier molecular flexibility index (Phi) is 5.96. The van der Waals surface area contributed by atoms with Gasteiger partial charge >= 0.3 is 0 Å². The second-order valence-corrected chi connectivity index (χ2v) is 6.71. The van der Waals surface area contributed by atoms with Crippen LogP contribution in [0.25, 0.3) is 0 Å². The molecule has 0 aromatic rings. The van der Waals surface area contributed by atoms with Crippen LogP contribution in [0, 0.1) is 0 Å². The van der Waals surface area contributed by atoms with Crippen molar-refractivity contribution in [3.05, 3.63) is 0 Å². The summed E-state index contributed by atoms with van der Waals surface area (Å²) in [5, 5.41) is -0.554. The summed E-state index contributed by atoms with van der Waals surface area (Å²) in [6.45, 7) is 5.58. The van der Waals surface area contributed by atoms with Crippen LogP contribution in [-0.2, 0) is 14.6 Å². The van der Waals surface area contributed by atoms with Crippen molar-refractivity contribution in [2.24, 2.45) is 5.73 Å². The van der Waals surface area contributed by atoms with E-state index in [9.17, 15) is 13.2 Å². The average molecular weight is 250 g/mol. The Labute approximate surface area is 97.9 Å². The molecule has 16 heavy (non-hydrogen) atoms. The number of nitrogens with two attached hydrogens (primary N) is 1. The summed E-state index contributed by atoms with van der Waals surface area (Å²) in [6, 6.07) is 0.00696. The number of sulfone groups is 1. The van der Waals surface area contributed by atoms with Gasteiger partial charge in [-0.1, -0.05) is 0 Å². The molecule has 0 saturated heterocycles. The van der Waals surface area contributed by atoms with Crippen molar-refractivity contribution in [3.8, 4) is 0 Å². The molecular formula is C10H22N2O3S. The fraction of sp³-hybridized carbons (Fsp3) is 0.900. The topological polar surface area (TPSA) is 80.5 Å². The molecular weight excluding hydrogens is 228 g/mol. The summed E-state index contributed by atoms with van der Waals surface area (Å²) in [4.78, 5) is 13.1. The molecule has 0 radical (unpaired) electrons. The van der Waals surface area contributed by atoms with E-state index in [1.165, 1.54) is 4.90 Å². The fourth-order valence-corrected chi connectivity index (χ4v) is 2.45. The molecule has 0 aromatic carbocycles. The summed E-state index contributed by atoms with van der Waals surface area (Å²) in [5.41, 5.74) is 5.31. The van der Waals surface area contributed by atoms with Crippen LogP contribution in [0.3, 0.4) is 0 Å². The molecule has 2 N–H and O–H groups in total. The monoisotopic (exact) mass is 250 g/mol. The molecule has 0 fully saturated rings. The standard InChI is InChI=1S/C10H22N2O3S/c1-8(2)12(4)10(13)7-16(14,15)9(3)5-6-11/h8-9H,5-7,11H2,1-4H3. The van der Waals surface area contributed by atoms with Crippen molar-refractivity contribution in [1.82, 2.24) is 4.90 Å². The molecule has 0 aliphatic carbocycles. The summed E-state index contributed by atoms with van der Waals surface area (Å²) in [6.07, 6.45) is 0.390. The lowest BCUT2D eigenvalue weighted by Crippen LogP contribution is -2.39. The van der Waals surface area contributed by atoms with Crippen LogP contribution in [0.2, 0.25) is 0 Å². The highest BCUT2D eigenvalue weighted by atomic mass is 32.2. The SMILES string of the molecule is CC(C)N(C)C(=O)CS(=O)(=O)C(C)CCN. The van der Waals surface area contributed by atoms with Crippen LogP contribution in [0.4, 0.5) is 0 Å². The number of hydrogen-bond donors (Lipinski definition) is 1. The largest absolute Gasteiger partial charge is 0.342 e. The fourth-order valence-electron chi connectivity index (χ4n) is 1.12. The number of nitrogens with zero attached hydrogens (tertiary/aromatic N) is 1. The summed E-state index contributed by atoms with van der Waals surface area (Å²) in [7, 11) is -1.76. The van der Waals surface area contributed by atoms with Crippen molar-refractivity contribution in [1.29, 1.82) is 0 Å². The zero-order chi connectivity index (χ0) is 12.9. The lowest BCUT2D eigenvalue weighted by atomic mass is 10.3. The third kappa shape index (κ3) is 4.49. The molecule has 5 nitrogen and oxygen atoms in total. The summed E-state index contributed by atoms with van der Waals surface area (Å²) < 4.78 is 23.5. The van der Waals surface area contributed by atoms with E-state index < -0.39 is 20.8 Å². The highest BCUT2D eigenvalue weighted by molar-refractivity contribution is 7.92. The Balaban J connectivity index is 4.54. The van der Waals surface area contributed by atoms with Gasteiger partial charge in [-0.15, -0.1) is 0 Å². The molecule has 0 spiro atoms. The second-order valence-electron chi connectivity index (χ2n) is 4.29. The van der Waals surface area contributed by atoms with Gasteiger partial charge in [0.2, 0.25) is 5.91 Å². The minimum atomic E-state index is -3.37. The predicted octanol–water partition coefficient (Wildman–Crippen LogP) is 0.00530. The lowest BCUT2D eigenvalue weighted by molar-refractivity contribution is -0.128. The molecule has 0 aliphatic rings. The van der Waals surface area contributed by atoms with Gasteiger partial charge in [-0.25, -0.2) is 8.42 Å². The molecule has 0 heterocycles. The van der Waals surface area contributed by atoms with E-state index in [0.29, 0.717) is 13.0 Å². The second kappa shape index (κ2) is 6.20. The van der Waals surface area contributed by atoms with E-state index in [4.69, 9.17) is 5.73 Å². The van der Waals surface area contributed by atoms with Crippen molar-refractivity contribution in [2.75, 3.05) is 19.3 Å². The number of carbonyl (C=O) groups excluding carboxylic acids is 1. The molecule has 0 aliphatic heterocycles. The average Bonchev–Trinajstić information content (AvgIpc) is 2.16. The minimum Gasteiger partial charge on any atom is -0.342 e. The van der Waals surface area contributed by atoms with Gasteiger partial charge in [0.25, 0.3) is 0 Å². The van der Waals surface area contributed by atoms with Gasteiger partial charge in [-0.2, -0.15) is 0 Å². The predicted molar refractivity (Wildman–Crippen MR) is 64.8 cm³/mol. The molecule has 0 aromatic heterocycles. The van der Waals surface area contributed by atoms with Crippen LogP contribution in [0.15, 0.2) is 0 Å². The van der Waals surface area contributed by atoms with E-state index in [0.717, 1.165) is 0 Å². The van der Waals surface area contributed by atoms with Gasteiger partial charge in [0.15, 0.2) is 9.84 Å². The van der Waals surface area contributed by atoms with E-state index in [1.54, 1.807) is 14.0 Å². The first-order valence-electron chi connectivity index (χ1n) is 5.39. The van der Waals surface area contributed by atoms with Gasteiger partial charge in [-0.3, -0.25) is 4.79 Å². The first kappa shape index (κ1) is 15.4. The summed E-state index contributed by atoms with van der Waals surface area (Å²) in [5.74, 6) is -0.790. The first-order valence-corrected chi connectivity index (χ1v) is 7.11. The third-order valence-electron chi connectivity index (χ3n) is 2.68. The highest BCUT2D eigenvalue weighted by Gasteiger charge is 2.25.